The first-order chi connectivity index (χ1) is 12.1. The van der Waals surface area contributed by atoms with Gasteiger partial charge in [-0.15, -0.1) is 0 Å². The molecule has 0 fully saturated rings. The molecule has 0 aliphatic carbocycles. The van der Waals surface area contributed by atoms with Crippen LogP contribution in [0.2, 0.25) is 0 Å². The van der Waals surface area contributed by atoms with E-state index in [1.54, 1.807) is 19.2 Å². The molecule has 25 heavy (non-hydrogen) atoms. The Kier molecular flexibility index (Phi) is 6.86. The number of ether oxygens (including phenoxy) is 2. The van der Waals surface area contributed by atoms with Gasteiger partial charge in [0.1, 0.15) is 11.5 Å². The van der Waals surface area contributed by atoms with Crippen LogP contribution in [0.5, 0.6) is 11.5 Å². The quantitative estimate of drug-likeness (QED) is 0.681. The van der Waals surface area contributed by atoms with Gasteiger partial charge in [0.2, 0.25) is 0 Å². The predicted octanol–water partition coefficient (Wildman–Crippen LogP) is 3.24. The number of carboxylic acid groups (broad SMARTS) is 1. The standard InChI is InChI=1S/C19H21NO5/c1-3-18(15-6-10-17(11-7-15)24-13-19(21)22)20-25-12-14-4-8-16(23-2)9-5-14/h3-11,20H,12-13H2,1-2H3,(H,21,22). The first-order valence-electron chi connectivity index (χ1n) is 7.74. The van der Waals surface area contributed by atoms with Gasteiger partial charge in [0.25, 0.3) is 0 Å². The van der Waals surface area contributed by atoms with E-state index < -0.39 is 5.97 Å². The van der Waals surface area contributed by atoms with E-state index in [1.807, 2.05) is 49.4 Å². The van der Waals surface area contributed by atoms with Crippen LogP contribution >= 0.6 is 0 Å². The van der Waals surface area contributed by atoms with Gasteiger partial charge in [0, 0.05) is 0 Å². The van der Waals surface area contributed by atoms with E-state index in [9.17, 15) is 4.79 Å². The maximum atomic E-state index is 10.5. The minimum absolute atomic E-state index is 0.362. The number of carboxylic acids is 1. The Morgan fingerprint density at radius 2 is 1.72 bits per heavy atom. The van der Waals surface area contributed by atoms with Crippen molar-refractivity contribution in [1.82, 2.24) is 5.48 Å². The third-order valence-electron chi connectivity index (χ3n) is 3.40. The van der Waals surface area contributed by atoms with Crippen LogP contribution in [0.15, 0.2) is 54.6 Å². The van der Waals surface area contributed by atoms with Crippen LogP contribution < -0.4 is 15.0 Å². The third-order valence-corrected chi connectivity index (χ3v) is 3.40. The second-order valence-corrected chi connectivity index (χ2v) is 5.15. The van der Waals surface area contributed by atoms with Gasteiger partial charge in [-0.3, -0.25) is 10.3 Å². The van der Waals surface area contributed by atoms with Gasteiger partial charge in [-0.05, 0) is 54.4 Å². The van der Waals surface area contributed by atoms with Crippen LogP contribution in [0.4, 0.5) is 0 Å². The minimum Gasteiger partial charge on any atom is -0.497 e. The Morgan fingerprint density at radius 3 is 2.28 bits per heavy atom. The van der Waals surface area contributed by atoms with Crippen LogP contribution in [0, 0.1) is 0 Å². The number of hydrogen-bond acceptors (Lipinski definition) is 5. The zero-order chi connectivity index (χ0) is 18.1. The molecule has 0 atom stereocenters. The Hall–Kier alpha value is -2.99. The lowest BCUT2D eigenvalue weighted by atomic mass is 10.1. The SMILES string of the molecule is CC=C(NOCc1ccc(OC)cc1)c1ccc(OCC(=O)O)cc1. The zero-order valence-electron chi connectivity index (χ0n) is 14.2. The summed E-state index contributed by atoms with van der Waals surface area (Å²) in [5.74, 6) is 0.295. The highest BCUT2D eigenvalue weighted by Crippen LogP contribution is 2.18. The summed E-state index contributed by atoms with van der Waals surface area (Å²) in [6, 6.07) is 14.7. The van der Waals surface area contributed by atoms with E-state index in [0.29, 0.717) is 12.4 Å². The number of nitrogens with one attached hydrogen (secondary N) is 1. The van der Waals surface area contributed by atoms with Crippen molar-refractivity contribution in [3.05, 3.63) is 65.7 Å². The summed E-state index contributed by atoms with van der Waals surface area (Å²) in [7, 11) is 1.63. The Bertz CT molecular complexity index is 708. The van der Waals surface area contributed by atoms with Crippen LogP contribution in [0.25, 0.3) is 5.70 Å². The number of methoxy groups -OCH3 is 1. The molecular formula is C19H21NO5. The molecule has 132 valence electrons. The highest BCUT2D eigenvalue weighted by Gasteiger charge is 2.03. The summed E-state index contributed by atoms with van der Waals surface area (Å²) in [6.45, 7) is 1.94. The molecule has 6 heteroatoms. The van der Waals surface area contributed by atoms with Crippen molar-refractivity contribution in [2.45, 2.75) is 13.5 Å². The molecule has 0 spiro atoms. The number of aliphatic carboxylic acids is 1. The van der Waals surface area contributed by atoms with E-state index in [4.69, 9.17) is 19.4 Å². The maximum Gasteiger partial charge on any atom is 0.341 e. The Balaban J connectivity index is 1.87. The van der Waals surface area contributed by atoms with Gasteiger partial charge in [-0.2, -0.15) is 0 Å². The minimum atomic E-state index is -1.01. The average Bonchev–Trinajstić information content (AvgIpc) is 2.64. The third kappa shape index (κ3) is 5.86. The lowest BCUT2D eigenvalue weighted by molar-refractivity contribution is -0.139. The molecule has 0 saturated heterocycles. The molecule has 2 aromatic carbocycles. The van der Waals surface area contributed by atoms with E-state index >= 15 is 0 Å². The van der Waals surface area contributed by atoms with Gasteiger partial charge in [0.05, 0.1) is 19.4 Å². The van der Waals surface area contributed by atoms with E-state index in [-0.39, 0.29) is 6.61 Å². The highest BCUT2D eigenvalue weighted by molar-refractivity contribution is 5.68. The maximum absolute atomic E-state index is 10.5. The van der Waals surface area contributed by atoms with Crippen molar-refractivity contribution in [3.63, 3.8) is 0 Å². The molecule has 0 aliphatic rings. The molecule has 6 nitrogen and oxygen atoms in total. The van der Waals surface area contributed by atoms with Crippen molar-refractivity contribution in [2.75, 3.05) is 13.7 Å². The molecule has 0 heterocycles. The molecule has 0 saturated carbocycles. The zero-order valence-corrected chi connectivity index (χ0v) is 14.2. The number of hydrogen-bond donors (Lipinski definition) is 2. The number of benzene rings is 2. The largest absolute Gasteiger partial charge is 0.497 e. The monoisotopic (exact) mass is 343 g/mol. The molecule has 2 rings (SSSR count). The average molecular weight is 343 g/mol. The van der Waals surface area contributed by atoms with Crippen LogP contribution in [0.1, 0.15) is 18.1 Å². The number of allylic oxidation sites excluding steroid dienone is 1. The normalized spacial score (nSPS) is 11.0. The van der Waals surface area contributed by atoms with Gasteiger partial charge in [-0.25, -0.2) is 4.79 Å². The second-order valence-electron chi connectivity index (χ2n) is 5.15. The lowest BCUT2D eigenvalue weighted by Crippen LogP contribution is -2.13. The molecule has 0 unspecified atom stereocenters. The summed E-state index contributed by atoms with van der Waals surface area (Å²) >= 11 is 0. The molecule has 0 bridgehead atoms. The molecule has 0 amide bonds. The van der Waals surface area contributed by atoms with E-state index in [0.717, 1.165) is 22.6 Å². The Labute approximate surface area is 146 Å². The summed E-state index contributed by atoms with van der Waals surface area (Å²) in [4.78, 5) is 16.0. The summed E-state index contributed by atoms with van der Waals surface area (Å²) in [5, 5.41) is 8.61. The van der Waals surface area contributed by atoms with E-state index in [2.05, 4.69) is 5.48 Å². The molecular weight excluding hydrogens is 322 g/mol. The van der Waals surface area contributed by atoms with Gasteiger partial charge in [0.15, 0.2) is 6.61 Å². The smallest absolute Gasteiger partial charge is 0.341 e. The predicted molar refractivity (Wildman–Crippen MR) is 94.1 cm³/mol. The van der Waals surface area contributed by atoms with Crippen molar-refractivity contribution < 1.29 is 24.2 Å². The summed E-state index contributed by atoms with van der Waals surface area (Å²) < 4.78 is 10.2. The first kappa shape index (κ1) is 18.4. The van der Waals surface area contributed by atoms with Crippen molar-refractivity contribution in [1.29, 1.82) is 0 Å². The number of rotatable bonds is 9. The van der Waals surface area contributed by atoms with Crippen molar-refractivity contribution in [2.24, 2.45) is 0 Å². The Morgan fingerprint density at radius 1 is 1.08 bits per heavy atom. The topological polar surface area (TPSA) is 77.0 Å². The van der Waals surface area contributed by atoms with E-state index in [1.165, 1.54) is 0 Å². The fraction of sp³-hybridized carbons (Fsp3) is 0.211. The van der Waals surface area contributed by atoms with Crippen LogP contribution in [0.3, 0.4) is 0 Å². The molecule has 0 radical (unpaired) electrons. The van der Waals surface area contributed by atoms with Crippen LogP contribution in [-0.4, -0.2) is 24.8 Å². The lowest BCUT2D eigenvalue weighted by Gasteiger charge is -2.12. The molecule has 0 aromatic heterocycles. The fourth-order valence-electron chi connectivity index (χ4n) is 2.08. The van der Waals surface area contributed by atoms with Gasteiger partial charge in [-0.1, -0.05) is 18.2 Å². The number of hydroxylamine groups is 1. The van der Waals surface area contributed by atoms with Gasteiger partial charge < -0.3 is 14.6 Å². The van der Waals surface area contributed by atoms with Gasteiger partial charge >= 0.3 is 5.97 Å². The molecule has 2 aromatic rings. The number of carbonyl (C=O) groups is 1. The van der Waals surface area contributed by atoms with Crippen molar-refractivity contribution in [3.8, 4) is 11.5 Å². The first-order valence-corrected chi connectivity index (χ1v) is 7.74. The second kappa shape index (κ2) is 9.34. The summed E-state index contributed by atoms with van der Waals surface area (Å²) in [6.07, 6.45) is 1.89. The van der Waals surface area contributed by atoms with Crippen molar-refractivity contribution >= 4 is 11.7 Å². The highest BCUT2D eigenvalue weighted by atomic mass is 16.6. The summed E-state index contributed by atoms with van der Waals surface area (Å²) in [5.41, 5.74) is 5.65. The molecule has 0 aliphatic heterocycles. The fourth-order valence-corrected chi connectivity index (χ4v) is 2.08. The van der Waals surface area contributed by atoms with Crippen LogP contribution in [-0.2, 0) is 16.2 Å². The molecule has 2 N–H and O–H groups in total.